The first kappa shape index (κ1) is 16.0. The summed E-state index contributed by atoms with van der Waals surface area (Å²) in [6.07, 6.45) is 0.352. The number of ketones is 1. The van der Waals surface area contributed by atoms with Gasteiger partial charge in [0.2, 0.25) is 5.91 Å². The van der Waals surface area contributed by atoms with E-state index in [1.165, 1.54) is 11.3 Å². The van der Waals surface area contributed by atoms with Crippen LogP contribution in [0.3, 0.4) is 0 Å². The molecule has 2 aromatic rings. The number of carbonyl (C=O) groups is 2. The fourth-order valence-corrected chi connectivity index (χ4v) is 2.84. The van der Waals surface area contributed by atoms with Gasteiger partial charge in [-0.3, -0.25) is 9.59 Å². The Hall–Kier alpha value is -1.36. The van der Waals surface area contributed by atoms with Crippen LogP contribution < -0.4 is 5.32 Å². The SMILES string of the molecule is O=C(CCC(=O)c1ccc(Cl)s1)NCc1ccc(Cl)cc1. The van der Waals surface area contributed by atoms with Crippen molar-refractivity contribution in [3.8, 4) is 0 Å². The summed E-state index contributed by atoms with van der Waals surface area (Å²) in [7, 11) is 0. The lowest BCUT2D eigenvalue weighted by Crippen LogP contribution is -2.23. The molecule has 0 aliphatic heterocycles. The number of halogens is 2. The van der Waals surface area contributed by atoms with Crippen LogP contribution in [0.15, 0.2) is 36.4 Å². The molecule has 0 aliphatic carbocycles. The Morgan fingerprint density at radius 3 is 2.33 bits per heavy atom. The van der Waals surface area contributed by atoms with E-state index < -0.39 is 0 Å². The third kappa shape index (κ3) is 5.16. The smallest absolute Gasteiger partial charge is 0.220 e. The lowest BCUT2D eigenvalue weighted by atomic mass is 10.2. The van der Waals surface area contributed by atoms with Crippen molar-refractivity contribution in [2.24, 2.45) is 0 Å². The number of hydrogen-bond donors (Lipinski definition) is 1. The summed E-state index contributed by atoms with van der Waals surface area (Å²) in [4.78, 5) is 24.1. The molecule has 0 saturated heterocycles. The van der Waals surface area contributed by atoms with Gasteiger partial charge in [0.15, 0.2) is 5.78 Å². The number of thiophene rings is 1. The fraction of sp³-hybridized carbons (Fsp3) is 0.200. The van der Waals surface area contributed by atoms with E-state index in [4.69, 9.17) is 23.2 Å². The second kappa shape index (κ2) is 7.59. The third-order valence-electron chi connectivity index (χ3n) is 2.83. The molecule has 0 unspecified atom stereocenters. The Morgan fingerprint density at radius 1 is 1.00 bits per heavy atom. The van der Waals surface area contributed by atoms with Crippen molar-refractivity contribution in [2.45, 2.75) is 19.4 Å². The Bertz CT molecular complexity index is 637. The molecule has 0 spiro atoms. The van der Waals surface area contributed by atoms with Gasteiger partial charge in [0.25, 0.3) is 0 Å². The van der Waals surface area contributed by atoms with E-state index in [0.29, 0.717) is 20.8 Å². The average Bonchev–Trinajstić information content (AvgIpc) is 2.91. The predicted molar refractivity (Wildman–Crippen MR) is 86.2 cm³/mol. The molecule has 6 heteroatoms. The van der Waals surface area contributed by atoms with Crippen LogP contribution in [0, 0.1) is 0 Å². The number of hydrogen-bond acceptors (Lipinski definition) is 3. The summed E-state index contributed by atoms with van der Waals surface area (Å²) in [5, 5.41) is 3.43. The van der Waals surface area contributed by atoms with E-state index in [1.807, 2.05) is 12.1 Å². The zero-order valence-electron chi connectivity index (χ0n) is 11.1. The van der Waals surface area contributed by atoms with Gasteiger partial charge in [0.05, 0.1) is 9.21 Å². The molecule has 3 nitrogen and oxygen atoms in total. The van der Waals surface area contributed by atoms with Gasteiger partial charge in [0.1, 0.15) is 0 Å². The third-order valence-corrected chi connectivity index (χ3v) is 4.35. The molecule has 0 atom stereocenters. The maximum atomic E-state index is 11.8. The number of rotatable bonds is 6. The minimum absolute atomic E-state index is 0.0615. The van der Waals surface area contributed by atoms with Crippen molar-refractivity contribution in [1.82, 2.24) is 5.32 Å². The molecule has 110 valence electrons. The topological polar surface area (TPSA) is 46.2 Å². The van der Waals surface area contributed by atoms with Crippen LogP contribution in [0.25, 0.3) is 0 Å². The Balaban J connectivity index is 1.74. The standard InChI is InChI=1S/C15H13Cl2NO2S/c16-11-3-1-10(2-4-11)9-18-15(20)8-5-12(19)13-6-7-14(17)21-13/h1-4,6-7H,5,8-9H2,(H,18,20). The van der Waals surface area contributed by atoms with Gasteiger partial charge < -0.3 is 5.32 Å². The highest BCUT2D eigenvalue weighted by Gasteiger charge is 2.11. The largest absolute Gasteiger partial charge is 0.352 e. The fourth-order valence-electron chi connectivity index (χ4n) is 1.71. The van der Waals surface area contributed by atoms with Gasteiger partial charge in [-0.2, -0.15) is 0 Å². The molecule has 0 bridgehead atoms. The predicted octanol–water partition coefficient (Wildman–Crippen LogP) is 4.33. The highest BCUT2D eigenvalue weighted by atomic mass is 35.5. The van der Waals surface area contributed by atoms with Crippen LogP contribution in [0.1, 0.15) is 28.1 Å². The normalized spacial score (nSPS) is 10.4. The molecule has 1 heterocycles. The van der Waals surface area contributed by atoms with E-state index in [0.717, 1.165) is 5.56 Å². The molecule has 0 saturated carbocycles. The molecule has 1 amide bonds. The van der Waals surface area contributed by atoms with E-state index in [2.05, 4.69) is 5.32 Å². The minimum atomic E-state index is -0.152. The maximum absolute atomic E-state index is 11.8. The lowest BCUT2D eigenvalue weighted by Gasteiger charge is -2.05. The first-order valence-corrected chi connectivity index (χ1v) is 7.91. The minimum Gasteiger partial charge on any atom is -0.352 e. The van der Waals surface area contributed by atoms with Crippen molar-refractivity contribution in [2.75, 3.05) is 0 Å². The van der Waals surface area contributed by atoms with E-state index in [9.17, 15) is 9.59 Å². The number of carbonyl (C=O) groups excluding carboxylic acids is 2. The monoisotopic (exact) mass is 341 g/mol. The molecule has 0 aliphatic rings. The molecule has 0 fully saturated rings. The van der Waals surface area contributed by atoms with Gasteiger partial charge >= 0.3 is 0 Å². The Kier molecular flexibility index (Phi) is 5.79. The Morgan fingerprint density at radius 2 is 1.71 bits per heavy atom. The molecule has 0 radical (unpaired) electrons. The maximum Gasteiger partial charge on any atom is 0.220 e. The molecular formula is C15H13Cl2NO2S. The average molecular weight is 342 g/mol. The second-order valence-corrected chi connectivity index (χ2v) is 6.58. The Labute approximate surface area is 136 Å². The lowest BCUT2D eigenvalue weighted by molar-refractivity contribution is -0.121. The summed E-state index contributed by atoms with van der Waals surface area (Å²) in [5.41, 5.74) is 0.962. The summed E-state index contributed by atoms with van der Waals surface area (Å²) >= 11 is 12.8. The van der Waals surface area contributed by atoms with Gasteiger partial charge in [-0.1, -0.05) is 35.3 Å². The first-order chi connectivity index (χ1) is 10.0. The van der Waals surface area contributed by atoms with Crippen LogP contribution in [0.2, 0.25) is 9.36 Å². The van der Waals surface area contributed by atoms with Crippen LogP contribution >= 0.6 is 34.5 Å². The van der Waals surface area contributed by atoms with Crippen LogP contribution in [0.5, 0.6) is 0 Å². The van der Waals surface area contributed by atoms with Gasteiger partial charge in [-0.25, -0.2) is 0 Å². The summed E-state index contributed by atoms with van der Waals surface area (Å²) < 4.78 is 0.575. The van der Waals surface area contributed by atoms with Gasteiger partial charge in [-0.05, 0) is 29.8 Å². The number of benzene rings is 1. The van der Waals surface area contributed by atoms with Gasteiger partial charge in [0, 0.05) is 24.4 Å². The second-order valence-electron chi connectivity index (χ2n) is 4.43. The highest BCUT2D eigenvalue weighted by molar-refractivity contribution is 7.18. The number of Topliss-reactive ketones (excluding diaryl/α,β-unsaturated/α-hetero) is 1. The van der Waals surface area contributed by atoms with Gasteiger partial charge in [-0.15, -0.1) is 11.3 Å². The zero-order chi connectivity index (χ0) is 15.2. The molecule has 21 heavy (non-hydrogen) atoms. The first-order valence-electron chi connectivity index (χ1n) is 6.34. The molecule has 1 aromatic carbocycles. The van der Waals surface area contributed by atoms with Crippen molar-refractivity contribution >= 4 is 46.2 Å². The van der Waals surface area contributed by atoms with Crippen LogP contribution in [-0.4, -0.2) is 11.7 Å². The highest BCUT2D eigenvalue weighted by Crippen LogP contribution is 2.22. The molecule has 1 aromatic heterocycles. The van der Waals surface area contributed by atoms with Crippen molar-refractivity contribution < 1.29 is 9.59 Å². The van der Waals surface area contributed by atoms with Crippen LogP contribution in [-0.2, 0) is 11.3 Å². The van der Waals surface area contributed by atoms with Crippen molar-refractivity contribution in [3.05, 3.63) is 56.2 Å². The van der Waals surface area contributed by atoms with E-state index in [-0.39, 0.29) is 24.5 Å². The summed E-state index contributed by atoms with van der Waals surface area (Å²) in [6, 6.07) is 10.6. The molecular weight excluding hydrogens is 329 g/mol. The van der Waals surface area contributed by atoms with Crippen molar-refractivity contribution in [1.29, 1.82) is 0 Å². The zero-order valence-corrected chi connectivity index (χ0v) is 13.4. The van der Waals surface area contributed by atoms with E-state index in [1.54, 1.807) is 24.3 Å². The number of nitrogens with one attached hydrogen (secondary N) is 1. The molecule has 1 N–H and O–H groups in total. The quantitative estimate of drug-likeness (QED) is 0.794. The van der Waals surface area contributed by atoms with Crippen LogP contribution in [0.4, 0.5) is 0 Å². The molecule has 2 rings (SSSR count). The summed E-state index contributed by atoms with van der Waals surface area (Å²) in [5.74, 6) is -0.213. The number of amides is 1. The van der Waals surface area contributed by atoms with Crippen molar-refractivity contribution in [3.63, 3.8) is 0 Å². The summed E-state index contributed by atoms with van der Waals surface area (Å²) in [6.45, 7) is 0.426. The van der Waals surface area contributed by atoms with E-state index >= 15 is 0 Å².